The van der Waals surface area contributed by atoms with Crippen LogP contribution < -0.4 is 5.56 Å². The minimum Gasteiger partial charge on any atom is -0.504 e. The molecule has 2 heterocycles. The molecule has 158 valence electrons. The lowest BCUT2D eigenvalue weighted by molar-refractivity contribution is 0.433. The Labute approximate surface area is 182 Å². The molecule has 4 aromatic rings. The summed E-state index contributed by atoms with van der Waals surface area (Å²) >= 11 is 1.49. The zero-order chi connectivity index (χ0) is 22.1. The van der Waals surface area contributed by atoms with Gasteiger partial charge in [-0.2, -0.15) is 0 Å². The van der Waals surface area contributed by atoms with Gasteiger partial charge >= 0.3 is 0 Å². The summed E-state index contributed by atoms with van der Waals surface area (Å²) in [4.78, 5) is 20.0. The van der Waals surface area contributed by atoms with Crippen LogP contribution >= 0.6 is 11.3 Å². The summed E-state index contributed by atoms with van der Waals surface area (Å²) in [6, 6.07) is 14.1. The number of para-hydroxylation sites is 1. The molecule has 0 fully saturated rings. The Hall–Kier alpha value is -3.32. The van der Waals surface area contributed by atoms with Crippen LogP contribution in [0.5, 0.6) is 5.75 Å². The predicted molar refractivity (Wildman–Crippen MR) is 118 cm³/mol. The molecule has 7 heteroatoms. The minimum absolute atomic E-state index is 0.133. The van der Waals surface area contributed by atoms with Gasteiger partial charge in [-0.15, -0.1) is 11.3 Å². The third-order valence-corrected chi connectivity index (χ3v) is 6.10. The molecular formula is C24H20F2N2O2S. The molecule has 0 spiro atoms. The highest BCUT2D eigenvalue weighted by atomic mass is 32.1. The lowest BCUT2D eigenvalue weighted by Crippen LogP contribution is -2.27. The van der Waals surface area contributed by atoms with Crippen molar-refractivity contribution in [3.05, 3.63) is 92.7 Å². The molecule has 0 saturated heterocycles. The normalized spacial score (nSPS) is 11.1. The number of aromatic nitrogens is 2. The fourth-order valence-electron chi connectivity index (χ4n) is 3.56. The van der Waals surface area contributed by atoms with Gasteiger partial charge in [0.15, 0.2) is 11.6 Å². The highest BCUT2D eigenvalue weighted by molar-refractivity contribution is 7.15. The van der Waals surface area contributed by atoms with Crippen molar-refractivity contribution in [2.75, 3.05) is 0 Å². The van der Waals surface area contributed by atoms with Gasteiger partial charge in [-0.25, -0.2) is 13.8 Å². The van der Waals surface area contributed by atoms with Crippen LogP contribution in [0, 0.1) is 25.5 Å². The van der Waals surface area contributed by atoms with Gasteiger partial charge in [0.1, 0.15) is 11.6 Å². The molecule has 0 unspecified atom stereocenters. The van der Waals surface area contributed by atoms with Crippen molar-refractivity contribution in [3.63, 3.8) is 0 Å². The molecule has 0 radical (unpaired) electrons. The van der Waals surface area contributed by atoms with Crippen molar-refractivity contribution in [2.45, 2.75) is 26.8 Å². The fourth-order valence-corrected chi connectivity index (χ4v) is 4.51. The van der Waals surface area contributed by atoms with Crippen LogP contribution in [-0.4, -0.2) is 14.7 Å². The average Bonchev–Trinajstić information content (AvgIpc) is 3.15. The standard InChI is InChI=1S/C24H20F2N2O2S/c1-14-9-10-20(31-14)21-15(2)27-23(18-7-4-8-19(26)22(18)29)28(24(21)30)12-11-16-5-3-6-17(25)13-16/h3-10,13,29H,11-12H2,1-2H3. The first-order valence-corrected chi connectivity index (χ1v) is 10.6. The molecule has 31 heavy (non-hydrogen) atoms. The number of thiophene rings is 1. The highest BCUT2D eigenvalue weighted by Gasteiger charge is 2.21. The second kappa shape index (κ2) is 8.43. The molecule has 0 aliphatic heterocycles. The van der Waals surface area contributed by atoms with Gasteiger partial charge in [-0.05, 0) is 62.2 Å². The number of hydrogen-bond acceptors (Lipinski definition) is 4. The topological polar surface area (TPSA) is 55.1 Å². The van der Waals surface area contributed by atoms with Crippen LogP contribution in [0.15, 0.2) is 59.4 Å². The Morgan fingerprint density at radius 1 is 1.06 bits per heavy atom. The Balaban J connectivity index is 1.89. The summed E-state index contributed by atoms with van der Waals surface area (Å²) in [7, 11) is 0. The number of nitrogens with zero attached hydrogens (tertiary/aromatic N) is 2. The first-order valence-electron chi connectivity index (χ1n) is 9.75. The maximum atomic E-state index is 14.0. The molecular weight excluding hydrogens is 418 g/mol. The third kappa shape index (κ3) is 4.14. The average molecular weight is 438 g/mol. The summed E-state index contributed by atoms with van der Waals surface area (Å²) in [5, 5.41) is 10.3. The number of benzene rings is 2. The van der Waals surface area contributed by atoms with Gasteiger partial charge in [-0.1, -0.05) is 18.2 Å². The van der Waals surface area contributed by atoms with Gasteiger partial charge < -0.3 is 5.11 Å². The predicted octanol–water partition coefficient (Wildman–Crippen LogP) is 5.48. The van der Waals surface area contributed by atoms with Crippen molar-refractivity contribution in [3.8, 4) is 27.6 Å². The lowest BCUT2D eigenvalue weighted by Gasteiger charge is -2.16. The van der Waals surface area contributed by atoms with Crippen molar-refractivity contribution >= 4 is 11.3 Å². The minimum atomic E-state index is -0.793. The van der Waals surface area contributed by atoms with Crippen LogP contribution in [0.1, 0.15) is 16.1 Å². The maximum absolute atomic E-state index is 14.0. The number of phenols is 1. The molecule has 4 nitrogen and oxygen atoms in total. The molecule has 0 bridgehead atoms. The van der Waals surface area contributed by atoms with Crippen LogP contribution in [0.4, 0.5) is 8.78 Å². The summed E-state index contributed by atoms with van der Waals surface area (Å²) in [6.45, 7) is 3.87. The fraction of sp³-hybridized carbons (Fsp3) is 0.167. The molecule has 4 rings (SSSR count). The zero-order valence-electron chi connectivity index (χ0n) is 17.0. The third-order valence-electron chi connectivity index (χ3n) is 5.08. The van der Waals surface area contributed by atoms with Gasteiger partial charge in [-0.3, -0.25) is 9.36 Å². The SMILES string of the molecule is Cc1ccc(-c2c(C)nc(-c3cccc(F)c3O)n(CCc3cccc(F)c3)c2=O)s1. The van der Waals surface area contributed by atoms with E-state index >= 15 is 0 Å². The van der Waals surface area contributed by atoms with E-state index in [1.807, 2.05) is 19.1 Å². The van der Waals surface area contributed by atoms with Crippen LogP contribution in [0.2, 0.25) is 0 Å². The summed E-state index contributed by atoms with van der Waals surface area (Å²) in [6.07, 6.45) is 0.369. The molecule has 0 aliphatic carbocycles. The monoisotopic (exact) mass is 438 g/mol. The number of rotatable bonds is 5. The van der Waals surface area contributed by atoms with E-state index in [0.29, 0.717) is 17.7 Å². The number of aryl methyl sites for hydroxylation is 3. The second-order valence-corrected chi connectivity index (χ2v) is 8.57. The Morgan fingerprint density at radius 3 is 2.55 bits per heavy atom. The molecule has 2 aromatic carbocycles. The van der Waals surface area contributed by atoms with Crippen LogP contribution in [-0.2, 0) is 13.0 Å². The largest absolute Gasteiger partial charge is 0.504 e. The number of phenolic OH excluding ortho intramolecular Hbond substituents is 1. The van der Waals surface area contributed by atoms with Gasteiger partial charge in [0.2, 0.25) is 0 Å². The van der Waals surface area contributed by atoms with Crippen LogP contribution in [0.25, 0.3) is 21.8 Å². The van der Waals surface area contributed by atoms with Gasteiger partial charge in [0.25, 0.3) is 5.56 Å². The molecule has 2 aromatic heterocycles. The van der Waals surface area contributed by atoms with Crippen molar-refractivity contribution in [2.24, 2.45) is 0 Å². The smallest absolute Gasteiger partial charge is 0.262 e. The van der Waals surface area contributed by atoms with E-state index in [0.717, 1.165) is 21.4 Å². The van der Waals surface area contributed by atoms with E-state index in [1.54, 1.807) is 19.1 Å². The molecule has 0 amide bonds. The van der Waals surface area contributed by atoms with E-state index in [4.69, 9.17) is 0 Å². The van der Waals surface area contributed by atoms with Crippen molar-refractivity contribution in [1.82, 2.24) is 9.55 Å². The van der Waals surface area contributed by atoms with Crippen molar-refractivity contribution < 1.29 is 13.9 Å². The first-order chi connectivity index (χ1) is 14.8. The maximum Gasteiger partial charge on any atom is 0.262 e. The summed E-state index contributed by atoms with van der Waals surface area (Å²) in [5.74, 6) is -1.54. The number of aromatic hydroxyl groups is 1. The Kier molecular flexibility index (Phi) is 5.69. The van der Waals surface area contributed by atoms with Crippen molar-refractivity contribution in [1.29, 1.82) is 0 Å². The first kappa shape index (κ1) is 20.9. The van der Waals surface area contributed by atoms with E-state index in [-0.39, 0.29) is 29.3 Å². The summed E-state index contributed by atoms with van der Waals surface area (Å²) in [5.41, 5.74) is 1.53. The van der Waals surface area contributed by atoms with E-state index < -0.39 is 11.6 Å². The van der Waals surface area contributed by atoms with Gasteiger partial charge in [0, 0.05) is 16.3 Å². The highest BCUT2D eigenvalue weighted by Crippen LogP contribution is 2.32. The summed E-state index contributed by atoms with van der Waals surface area (Å²) < 4.78 is 29.1. The number of hydrogen-bond donors (Lipinski definition) is 1. The molecule has 1 N–H and O–H groups in total. The van der Waals surface area contributed by atoms with E-state index in [2.05, 4.69) is 4.98 Å². The van der Waals surface area contributed by atoms with E-state index in [1.165, 1.54) is 40.2 Å². The van der Waals surface area contributed by atoms with Crippen LogP contribution in [0.3, 0.4) is 0 Å². The second-order valence-electron chi connectivity index (χ2n) is 7.28. The van der Waals surface area contributed by atoms with E-state index in [9.17, 15) is 18.7 Å². The molecule has 0 saturated carbocycles. The Morgan fingerprint density at radius 2 is 1.84 bits per heavy atom. The molecule has 0 atom stereocenters. The quantitative estimate of drug-likeness (QED) is 0.449. The lowest BCUT2D eigenvalue weighted by atomic mass is 10.1. The zero-order valence-corrected chi connectivity index (χ0v) is 17.8. The number of halogens is 2. The molecule has 0 aliphatic rings. The van der Waals surface area contributed by atoms with Gasteiger partial charge in [0.05, 0.1) is 16.8 Å². The Bertz CT molecular complexity index is 1330.